The first-order valence-electron chi connectivity index (χ1n) is 3.67. The Morgan fingerprint density at radius 1 is 0.692 bits per heavy atom. The van der Waals surface area contributed by atoms with Gasteiger partial charge in [-0.3, -0.25) is 0 Å². The molecule has 0 radical (unpaired) electrons. The molecule has 0 aliphatic carbocycles. The Hall–Kier alpha value is -2.04. The molecule has 0 atom stereocenters. The second-order valence-electron chi connectivity index (χ2n) is 2.16. The van der Waals surface area contributed by atoms with Crippen LogP contribution in [0.25, 0.3) is 0 Å². The van der Waals surface area contributed by atoms with Gasteiger partial charge in [-0.05, 0) is 12.1 Å². The van der Waals surface area contributed by atoms with Gasteiger partial charge < -0.3 is 4.74 Å². The van der Waals surface area contributed by atoms with E-state index >= 15 is 0 Å². The molecule has 13 heavy (non-hydrogen) atoms. The minimum Gasteiger partial charge on any atom is -0.389 e. The summed E-state index contributed by atoms with van der Waals surface area (Å²) in [5.41, 5.74) is 0. The first-order valence-corrected chi connectivity index (χ1v) is 3.67. The van der Waals surface area contributed by atoms with E-state index in [1.54, 1.807) is 36.9 Å². The smallest absolute Gasteiger partial charge is 0.324 e. The van der Waals surface area contributed by atoms with Crippen LogP contribution >= 0.6 is 0 Å². The molecule has 0 unspecified atom stereocenters. The molecular weight excluding hydrogens is 168 g/mol. The SMILES string of the molecule is c1cnc(Oc2ncccn2)nc1. The Morgan fingerprint density at radius 3 is 1.46 bits per heavy atom. The van der Waals surface area contributed by atoms with Crippen LogP contribution < -0.4 is 4.74 Å². The third-order valence-corrected chi connectivity index (χ3v) is 1.27. The van der Waals surface area contributed by atoms with E-state index in [2.05, 4.69) is 19.9 Å². The van der Waals surface area contributed by atoms with Gasteiger partial charge in [0.2, 0.25) is 0 Å². The highest BCUT2D eigenvalue weighted by atomic mass is 16.5. The number of rotatable bonds is 2. The summed E-state index contributed by atoms with van der Waals surface area (Å²) in [4.78, 5) is 15.4. The van der Waals surface area contributed by atoms with Crippen LogP contribution in [0.3, 0.4) is 0 Å². The van der Waals surface area contributed by atoms with E-state index in [9.17, 15) is 0 Å². The average molecular weight is 174 g/mol. The molecule has 0 fully saturated rings. The second kappa shape index (κ2) is 3.57. The van der Waals surface area contributed by atoms with Gasteiger partial charge in [-0.15, -0.1) is 0 Å². The Morgan fingerprint density at radius 2 is 1.08 bits per heavy atom. The van der Waals surface area contributed by atoms with E-state index < -0.39 is 0 Å². The van der Waals surface area contributed by atoms with Gasteiger partial charge in [0.1, 0.15) is 0 Å². The fraction of sp³-hybridized carbons (Fsp3) is 0. The molecule has 2 rings (SSSR count). The first-order chi connectivity index (χ1) is 6.45. The maximum atomic E-state index is 5.13. The van der Waals surface area contributed by atoms with Crippen molar-refractivity contribution in [2.75, 3.05) is 0 Å². The largest absolute Gasteiger partial charge is 0.389 e. The van der Waals surface area contributed by atoms with Gasteiger partial charge in [0, 0.05) is 24.8 Å². The van der Waals surface area contributed by atoms with E-state index in [0.717, 1.165) is 0 Å². The van der Waals surface area contributed by atoms with Crippen molar-refractivity contribution < 1.29 is 4.74 Å². The highest BCUT2D eigenvalue weighted by Crippen LogP contribution is 2.08. The molecule has 0 N–H and O–H groups in total. The molecule has 0 aliphatic rings. The molecule has 2 aromatic rings. The molecular formula is C8H6N4O. The number of hydrogen-bond donors (Lipinski definition) is 0. The summed E-state index contributed by atoms with van der Waals surface area (Å²) in [5.74, 6) is 0. The molecule has 0 aliphatic heterocycles. The fourth-order valence-corrected chi connectivity index (χ4v) is 0.758. The van der Waals surface area contributed by atoms with Crippen molar-refractivity contribution in [1.82, 2.24) is 19.9 Å². The van der Waals surface area contributed by atoms with Crippen molar-refractivity contribution in [2.45, 2.75) is 0 Å². The Balaban J connectivity index is 2.16. The van der Waals surface area contributed by atoms with Crippen molar-refractivity contribution in [2.24, 2.45) is 0 Å². The summed E-state index contributed by atoms with van der Waals surface area (Å²) in [7, 11) is 0. The lowest BCUT2D eigenvalue weighted by atomic mass is 10.7. The molecule has 2 heterocycles. The predicted molar refractivity (Wildman–Crippen MR) is 44.1 cm³/mol. The third-order valence-electron chi connectivity index (χ3n) is 1.27. The van der Waals surface area contributed by atoms with Gasteiger partial charge in [0.25, 0.3) is 0 Å². The molecule has 0 saturated heterocycles. The van der Waals surface area contributed by atoms with Gasteiger partial charge in [-0.25, -0.2) is 19.9 Å². The number of hydrogen-bond acceptors (Lipinski definition) is 5. The molecule has 64 valence electrons. The van der Waals surface area contributed by atoms with E-state index in [-0.39, 0.29) is 12.0 Å². The minimum atomic E-state index is 0.244. The predicted octanol–water partition coefficient (Wildman–Crippen LogP) is 1.06. The van der Waals surface area contributed by atoms with E-state index in [0.29, 0.717) is 0 Å². The fourth-order valence-electron chi connectivity index (χ4n) is 0.758. The van der Waals surface area contributed by atoms with Crippen molar-refractivity contribution in [3.8, 4) is 12.0 Å². The lowest BCUT2D eigenvalue weighted by molar-refractivity contribution is 0.407. The molecule has 0 amide bonds. The zero-order chi connectivity index (χ0) is 8.93. The lowest BCUT2D eigenvalue weighted by Crippen LogP contribution is -1.93. The maximum absolute atomic E-state index is 5.13. The highest BCUT2D eigenvalue weighted by Gasteiger charge is 1.98. The van der Waals surface area contributed by atoms with Crippen molar-refractivity contribution in [3.05, 3.63) is 36.9 Å². The highest BCUT2D eigenvalue weighted by molar-refractivity contribution is 5.03. The molecule has 2 aromatic heterocycles. The van der Waals surface area contributed by atoms with Crippen LogP contribution in [0.1, 0.15) is 0 Å². The van der Waals surface area contributed by atoms with Gasteiger partial charge in [-0.2, -0.15) is 0 Å². The number of ether oxygens (including phenoxy) is 1. The minimum absolute atomic E-state index is 0.244. The summed E-state index contributed by atoms with van der Waals surface area (Å²) in [5, 5.41) is 0. The van der Waals surface area contributed by atoms with Crippen molar-refractivity contribution in [1.29, 1.82) is 0 Å². The Kier molecular flexibility index (Phi) is 2.09. The van der Waals surface area contributed by atoms with Crippen LogP contribution in [-0.2, 0) is 0 Å². The van der Waals surface area contributed by atoms with Crippen molar-refractivity contribution >= 4 is 0 Å². The van der Waals surface area contributed by atoms with Crippen LogP contribution in [0.4, 0.5) is 0 Å². The zero-order valence-corrected chi connectivity index (χ0v) is 6.66. The Labute approximate surface area is 74.5 Å². The van der Waals surface area contributed by atoms with Crippen LogP contribution in [0, 0.1) is 0 Å². The summed E-state index contributed by atoms with van der Waals surface area (Å²) in [6.07, 6.45) is 6.35. The Bertz CT molecular complexity index is 327. The van der Waals surface area contributed by atoms with Gasteiger partial charge in [-0.1, -0.05) is 0 Å². The molecule has 5 nitrogen and oxygen atoms in total. The summed E-state index contributed by atoms with van der Waals surface area (Å²) in [6, 6.07) is 3.90. The first kappa shape index (κ1) is 7.60. The third kappa shape index (κ3) is 1.96. The van der Waals surface area contributed by atoms with Gasteiger partial charge >= 0.3 is 12.0 Å². The monoisotopic (exact) mass is 174 g/mol. The topological polar surface area (TPSA) is 60.8 Å². The number of nitrogens with zero attached hydrogens (tertiary/aromatic N) is 4. The molecule has 5 heteroatoms. The molecule has 0 bridgehead atoms. The second-order valence-corrected chi connectivity index (χ2v) is 2.16. The van der Waals surface area contributed by atoms with E-state index in [1.807, 2.05) is 0 Å². The normalized spacial score (nSPS) is 9.54. The lowest BCUT2D eigenvalue weighted by Gasteiger charge is -1.98. The van der Waals surface area contributed by atoms with E-state index in [4.69, 9.17) is 4.74 Å². The van der Waals surface area contributed by atoms with Gasteiger partial charge in [0.15, 0.2) is 0 Å². The summed E-state index contributed by atoms with van der Waals surface area (Å²) >= 11 is 0. The van der Waals surface area contributed by atoms with Crippen LogP contribution in [-0.4, -0.2) is 19.9 Å². The molecule has 0 aromatic carbocycles. The van der Waals surface area contributed by atoms with Crippen LogP contribution in [0.15, 0.2) is 36.9 Å². The van der Waals surface area contributed by atoms with Crippen LogP contribution in [0.2, 0.25) is 0 Å². The van der Waals surface area contributed by atoms with Crippen LogP contribution in [0.5, 0.6) is 12.0 Å². The zero-order valence-electron chi connectivity index (χ0n) is 6.66. The molecule has 0 saturated carbocycles. The van der Waals surface area contributed by atoms with Gasteiger partial charge in [0.05, 0.1) is 0 Å². The molecule has 0 spiro atoms. The maximum Gasteiger partial charge on any atom is 0.324 e. The van der Waals surface area contributed by atoms with Crippen molar-refractivity contribution in [3.63, 3.8) is 0 Å². The standard InChI is InChI=1S/C8H6N4O/c1-3-9-7(10-4-1)13-8-11-5-2-6-12-8/h1-6H. The average Bonchev–Trinajstić information content (AvgIpc) is 2.21. The quantitative estimate of drug-likeness (QED) is 0.681. The number of aromatic nitrogens is 4. The van der Waals surface area contributed by atoms with E-state index in [1.165, 1.54) is 0 Å². The summed E-state index contributed by atoms with van der Waals surface area (Å²) in [6.45, 7) is 0. The summed E-state index contributed by atoms with van der Waals surface area (Å²) < 4.78 is 5.13.